The van der Waals surface area contributed by atoms with Crippen LogP contribution in [0.15, 0.2) is 116 Å². The molecule has 0 atom stereocenters. The average molecular weight is 458 g/mol. The van der Waals surface area contributed by atoms with E-state index in [1.807, 2.05) is 24.7 Å². The van der Waals surface area contributed by atoms with Crippen LogP contribution in [0.5, 0.6) is 0 Å². The van der Waals surface area contributed by atoms with Crippen molar-refractivity contribution in [3.8, 4) is 22.4 Å². The maximum atomic E-state index is 5.03. The minimum absolute atomic E-state index is 0.896. The zero-order chi connectivity index (χ0) is 23.6. The van der Waals surface area contributed by atoms with Gasteiger partial charge < -0.3 is 0 Å². The fourth-order valence-corrected chi connectivity index (χ4v) is 5.60. The van der Waals surface area contributed by atoms with E-state index in [9.17, 15) is 0 Å². The lowest BCUT2D eigenvalue weighted by atomic mass is 9.90. The Hall–Kier alpha value is -4.89. The van der Waals surface area contributed by atoms with E-state index in [-0.39, 0.29) is 0 Å². The van der Waals surface area contributed by atoms with E-state index in [4.69, 9.17) is 4.98 Å². The minimum atomic E-state index is 0.896. The molecular weight excluding hydrogens is 438 g/mol. The van der Waals surface area contributed by atoms with Gasteiger partial charge in [0.05, 0.1) is 16.7 Å². The lowest BCUT2D eigenvalue weighted by Gasteiger charge is -2.14. The fourth-order valence-electron chi connectivity index (χ4n) is 5.60. The number of benzene rings is 5. The molecule has 0 aliphatic carbocycles. The van der Waals surface area contributed by atoms with Gasteiger partial charge >= 0.3 is 0 Å². The van der Waals surface area contributed by atoms with Crippen LogP contribution in [0, 0.1) is 0 Å². The Morgan fingerprint density at radius 1 is 0.500 bits per heavy atom. The Balaban J connectivity index is 1.34. The van der Waals surface area contributed by atoms with Gasteiger partial charge in [-0.05, 0) is 56.1 Å². The van der Waals surface area contributed by atoms with Crippen molar-refractivity contribution in [2.75, 3.05) is 0 Å². The molecule has 3 aromatic heterocycles. The van der Waals surface area contributed by atoms with Crippen LogP contribution >= 0.6 is 0 Å². The first-order valence-corrected chi connectivity index (χ1v) is 12.1. The standard InChI is InChI=1S/C33H19N3/c1-3-20-6-7-22-10-13-27(28-14-11-21(4-1)30(20)31(22)28)25-17-26(19-34-18-25)29-15-12-24-9-8-23-5-2-16-35-32(23)33(24)36-29/h1-19H. The van der Waals surface area contributed by atoms with Gasteiger partial charge in [0.25, 0.3) is 0 Å². The van der Waals surface area contributed by atoms with Crippen molar-refractivity contribution in [1.82, 2.24) is 15.0 Å². The maximum Gasteiger partial charge on any atom is 0.0972 e. The van der Waals surface area contributed by atoms with E-state index < -0.39 is 0 Å². The van der Waals surface area contributed by atoms with Crippen molar-refractivity contribution >= 4 is 54.1 Å². The summed E-state index contributed by atoms with van der Waals surface area (Å²) >= 11 is 0. The third-order valence-electron chi connectivity index (χ3n) is 7.31. The number of pyridine rings is 3. The van der Waals surface area contributed by atoms with Gasteiger partial charge in [0.2, 0.25) is 0 Å². The summed E-state index contributed by atoms with van der Waals surface area (Å²) in [5.74, 6) is 0. The highest BCUT2D eigenvalue weighted by atomic mass is 14.8. The summed E-state index contributed by atoms with van der Waals surface area (Å²) in [4.78, 5) is 14.3. The average Bonchev–Trinajstić information content (AvgIpc) is 2.95. The highest BCUT2D eigenvalue weighted by Gasteiger charge is 2.13. The van der Waals surface area contributed by atoms with Crippen LogP contribution in [-0.2, 0) is 0 Å². The number of fused-ring (bicyclic) bond motifs is 3. The van der Waals surface area contributed by atoms with Crippen molar-refractivity contribution < 1.29 is 0 Å². The summed E-state index contributed by atoms with van der Waals surface area (Å²) in [5, 5.41) is 9.88. The van der Waals surface area contributed by atoms with Crippen LogP contribution in [0.25, 0.3) is 76.5 Å². The molecule has 0 amide bonds. The first-order valence-electron chi connectivity index (χ1n) is 12.1. The van der Waals surface area contributed by atoms with Crippen LogP contribution in [-0.4, -0.2) is 15.0 Å². The Bertz CT molecular complexity index is 2090. The quantitative estimate of drug-likeness (QED) is 0.245. The van der Waals surface area contributed by atoms with Gasteiger partial charge in [0, 0.05) is 40.5 Å². The largest absolute Gasteiger partial charge is 0.263 e. The topological polar surface area (TPSA) is 38.7 Å². The van der Waals surface area contributed by atoms with Crippen molar-refractivity contribution in [3.63, 3.8) is 0 Å². The van der Waals surface area contributed by atoms with E-state index in [1.54, 1.807) is 0 Å². The van der Waals surface area contributed by atoms with Crippen molar-refractivity contribution in [1.29, 1.82) is 0 Å². The third-order valence-corrected chi connectivity index (χ3v) is 7.31. The van der Waals surface area contributed by atoms with Gasteiger partial charge in [-0.1, -0.05) is 78.9 Å². The molecule has 3 heterocycles. The number of hydrogen-bond acceptors (Lipinski definition) is 3. The van der Waals surface area contributed by atoms with Crippen LogP contribution in [0.3, 0.4) is 0 Å². The summed E-state index contributed by atoms with van der Waals surface area (Å²) in [6.07, 6.45) is 5.67. The van der Waals surface area contributed by atoms with Gasteiger partial charge in [-0.25, -0.2) is 4.98 Å². The zero-order valence-electron chi connectivity index (χ0n) is 19.3. The molecule has 8 rings (SSSR count). The Kier molecular flexibility index (Phi) is 3.94. The lowest BCUT2D eigenvalue weighted by molar-refractivity contribution is 1.30. The van der Waals surface area contributed by atoms with Crippen LogP contribution in [0.1, 0.15) is 0 Å². The van der Waals surface area contributed by atoms with E-state index >= 15 is 0 Å². The van der Waals surface area contributed by atoms with Crippen LogP contribution in [0.2, 0.25) is 0 Å². The Morgan fingerprint density at radius 2 is 1.17 bits per heavy atom. The molecule has 0 aliphatic rings. The van der Waals surface area contributed by atoms with Crippen LogP contribution < -0.4 is 0 Å². The summed E-state index contributed by atoms with van der Waals surface area (Å²) in [5.41, 5.74) is 6.00. The number of aromatic nitrogens is 3. The molecule has 0 bridgehead atoms. The van der Waals surface area contributed by atoms with Crippen molar-refractivity contribution in [3.05, 3.63) is 116 Å². The third kappa shape index (κ3) is 2.77. The molecule has 8 aromatic rings. The molecule has 0 aliphatic heterocycles. The SMILES string of the molecule is c1cnc2c(c1)ccc1ccc(-c3cncc(-c4ccc5ccc6cccc7ccc4c5c67)c3)nc12. The van der Waals surface area contributed by atoms with Crippen LogP contribution in [0.4, 0.5) is 0 Å². The highest BCUT2D eigenvalue weighted by Crippen LogP contribution is 2.39. The number of hydrogen-bond donors (Lipinski definition) is 0. The van der Waals surface area contributed by atoms with Gasteiger partial charge in [-0.15, -0.1) is 0 Å². The fraction of sp³-hybridized carbons (Fsp3) is 0. The molecule has 0 N–H and O–H groups in total. The van der Waals surface area contributed by atoms with Gasteiger partial charge in [-0.2, -0.15) is 0 Å². The molecule has 3 heteroatoms. The molecular formula is C33H19N3. The van der Waals surface area contributed by atoms with E-state index in [1.165, 1.54) is 37.9 Å². The second-order valence-corrected chi connectivity index (χ2v) is 9.34. The highest BCUT2D eigenvalue weighted by molar-refractivity contribution is 6.25. The summed E-state index contributed by atoms with van der Waals surface area (Å²) < 4.78 is 0. The van der Waals surface area contributed by atoms with Crippen molar-refractivity contribution in [2.45, 2.75) is 0 Å². The van der Waals surface area contributed by atoms with Crippen molar-refractivity contribution in [2.24, 2.45) is 0 Å². The second kappa shape index (κ2) is 7.30. The number of nitrogens with zero attached hydrogens (tertiary/aromatic N) is 3. The van der Waals surface area contributed by atoms with E-state index in [0.29, 0.717) is 0 Å². The summed E-state index contributed by atoms with van der Waals surface area (Å²) in [6, 6.07) is 34.5. The minimum Gasteiger partial charge on any atom is -0.263 e. The van der Waals surface area contributed by atoms with Gasteiger partial charge in [-0.3, -0.25) is 9.97 Å². The lowest BCUT2D eigenvalue weighted by Crippen LogP contribution is -1.91. The monoisotopic (exact) mass is 457 g/mol. The molecule has 166 valence electrons. The molecule has 0 fully saturated rings. The molecule has 0 saturated carbocycles. The molecule has 36 heavy (non-hydrogen) atoms. The molecule has 0 radical (unpaired) electrons. The normalized spacial score (nSPS) is 11.9. The smallest absolute Gasteiger partial charge is 0.0972 e. The summed E-state index contributed by atoms with van der Waals surface area (Å²) in [7, 11) is 0. The molecule has 0 saturated heterocycles. The molecule has 5 aromatic carbocycles. The predicted molar refractivity (Wildman–Crippen MR) is 149 cm³/mol. The zero-order valence-corrected chi connectivity index (χ0v) is 19.3. The van der Waals surface area contributed by atoms with Gasteiger partial charge in [0.15, 0.2) is 0 Å². The first-order chi connectivity index (χ1) is 17.8. The molecule has 0 spiro atoms. The van der Waals surface area contributed by atoms with E-state index in [0.717, 1.165) is 38.6 Å². The molecule has 3 nitrogen and oxygen atoms in total. The number of rotatable bonds is 2. The Labute approximate surface area is 207 Å². The second-order valence-electron chi connectivity index (χ2n) is 9.34. The molecule has 0 unspecified atom stereocenters. The maximum absolute atomic E-state index is 5.03. The first kappa shape index (κ1) is 19.4. The van der Waals surface area contributed by atoms with E-state index in [2.05, 4.69) is 101 Å². The summed E-state index contributed by atoms with van der Waals surface area (Å²) in [6.45, 7) is 0. The van der Waals surface area contributed by atoms with Gasteiger partial charge in [0.1, 0.15) is 0 Å². The predicted octanol–water partition coefficient (Wildman–Crippen LogP) is 8.41. The Morgan fingerprint density at radius 3 is 2.06 bits per heavy atom.